The second kappa shape index (κ2) is 13.9. The van der Waals surface area contributed by atoms with Crippen LogP contribution in [-0.4, -0.2) is 78.5 Å². The third-order valence-electron chi connectivity index (χ3n) is 10.8. The van der Waals surface area contributed by atoms with Gasteiger partial charge in [0, 0.05) is 44.1 Å². The van der Waals surface area contributed by atoms with Crippen LogP contribution < -0.4 is 0 Å². The molecule has 0 spiro atoms. The lowest BCUT2D eigenvalue weighted by Crippen LogP contribution is -2.63. The summed E-state index contributed by atoms with van der Waals surface area (Å²) in [5.74, 6) is -3.09. The first-order chi connectivity index (χ1) is 21.9. The Morgan fingerprint density at radius 1 is 0.936 bits per heavy atom. The Morgan fingerprint density at radius 2 is 1.53 bits per heavy atom. The number of carbonyl (C=O) groups is 4. The SMILES string of the molecule is C=C1C(OC(=O)CC(c2ccccc2)N(C)C)CCC2(C)C(OC(C)=O)C(O)C3=C(C)C(OC(C)=O)CC(C(OC(C)=O)C12)C3(C)C. The van der Waals surface area contributed by atoms with Gasteiger partial charge in [-0.3, -0.25) is 19.2 Å². The van der Waals surface area contributed by atoms with Gasteiger partial charge in [0.05, 0.1) is 6.42 Å². The number of benzene rings is 1. The molecule has 1 N–H and O–H groups in total. The molecule has 258 valence electrons. The number of ether oxygens (including phenoxy) is 4. The van der Waals surface area contributed by atoms with Crippen molar-refractivity contribution < 1.29 is 43.2 Å². The van der Waals surface area contributed by atoms with Gasteiger partial charge in [0.1, 0.15) is 30.5 Å². The molecule has 10 heteroatoms. The summed E-state index contributed by atoms with van der Waals surface area (Å²) in [5, 5.41) is 12.2. The lowest BCUT2D eigenvalue weighted by molar-refractivity contribution is -0.199. The first kappa shape index (κ1) is 36.3. The summed E-state index contributed by atoms with van der Waals surface area (Å²) in [7, 11) is 3.82. The molecule has 47 heavy (non-hydrogen) atoms. The maximum atomic E-state index is 13.5. The summed E-state index contributed by atoms with van der Waals surface area (Å²) in [5.41, 5.74) is 1.05. The molecule has 2 saturated carbocycles. The van der Waals surface area contributed by atoms with Crippen molar-refractivity contribution in [2.24, 2.45) is 22.7 Å². The molecular weight excluding hydrogens is 602 g/mol. The zero-order valence-electron chi connectivity index (χ0n) is 29.2. The van der Waals surface area contributed by atoms with Crippen LogP contribution in [-0.2, 0) is 38.1 Å². The van der Waals surface area contributed by atoms with Crippen molar-refractivity contribution in [3.63, 3.8) is 0 Å². The van der Waals surface area contributed by atoms with Gasteiger partial charge in [0.25, 0.3) is 0 Å². The number of carbonyl (C=O) groups excluding carboxylic acids is 4. The van der Waals surface area contributed by atoms with Crippen LogP contribution in [0.4, 0.5) is 0 Å². The van der Waals surface area contributed by atoms with Gasteiger partial charge < -0.3 is 29.0 Å². The summed E-state index contributed by atoms with van der Waals surface area (Å²) in [4.78, 5) is 53.2. The second-order valence-corrected chi connectivity index (χ2v) is 14.5. The largest absolute Gasteiger partial charge is 0.462 e. The van der Waals surface area contributed by atoms with Gasteiger partial charge in [-0.05, 0) is 68.0 Å². The van der Waals surface area contributed by atoms with Crippen molar-refractivity contribution >= 4 is 23.9 Å². The summed E-state index contributed by atoms with van der Waals surface area (Å²) < 4.78 is 24.1. The third kappa shape index (κ3) is 7.18. The normalized spacial score (nSPS) is 32.3. The van der Waals surface area contributed by atoms with Crippen LogP contribution in [0.5, 0.6) is 0 Å². The molecule has 1 aromatic carbocycles. The first-order valence-electron chi connectivity index (χ1n) is 16.4. The quantitative estimate of drug-likeness (QED) is 0.230. The van der Waals surface area contributed by atoms with Crippen LogP contribution in [0.25, 0.3) is 0 Å². The molecule has 9 atom stereocenters. The Balaban J connectivity index is 1.80. The Morgan fingerprint density at radius 3 is 2.09 bits per heavy atom. The highest BCUT2D eigenvalue weighted by Gasteiger charge is 2.63. The number of aliphatic hydroxyl groups excluding tert-OH is 1. The smallest absolute Gasteiger partial charge is 0.308 e. The van der Waals surface area contributed by atoms with Gasteiger partial charge in [-0.15, -0.1) is 0 Å². The molecule has 10 nitrogen and oxygen atoms in total. The van der Waals surface area contributed by atoms with E-state index < -0.39 is 77.1 Å². The molecule has 0 heterocycles. The lowest BCUT2D eigenvalue weighted by Gasteiger charge is -2.59. The van der Waals surface area contributed by atoms with E-state index in [0.717, 1.165) is 5.56 Å². The van der Waals surface area contributed by atoms with Crippen molar-refractivity contribution in [2.75, 3.05) is 14.1 Å². The van der Waals surface area contributed by atoms with E-state index in [1.165, 1.54) is 20.8 Å². The van der Waals surface area contributed by atoms with E-state index in [0.29, 0.717) is 36.0 Å². The molecule has 3 aliphatic rings. The fraction of sp³-hybridized carbons (Fsp3) is 0.622. The van der Waals surface area contributed by atoms with E-state index in [1.807, 2.05) is 77.0 Å². The van der Waals surface area contributed by atoms with E-state index >= 15 is 0 Å². The summed E-state index contributed by atoms with van der Waals surface area (Å²) in [6, 6.07) is 9.52. The molecule has 2 fully saturated rings. The Kier molecular flexibility index (Phi) is 10.8. The number of hydrogen-bond acceptors (Lipinski definition) is 10. The van der Waals surface area contributed by atoms with Gasteiger partial charge >= 0.3 is 23.9 Å². The number of rotatable bonds is 8. The molecule has 3 aliphatic carbocycles. The predicted molar refractivity (Wildman–Crippen MR) is 175 cm³/mol. The fourth-order valence-corrected chi connectivity index (χ4v) is 8.63. The highest BCUT2D eigenvalue weighted by atomic mass is 16.6. The fourth-order valence-electron chi connectivity index (χ4n) is 8.63. The topological polar surface area (TPSA) is 129 Å². The van der Waals surface area contributed by atoms with Crippen molar-refractivity contribution in [2.45, 2.75) is 111 Å². The van der Waals surface area contributed by atoms with Crippen LogP contribution in [0.1, 0.15) is 85.8 Å². The molecule has 0 saturated heterocycles. The average molecular weight is 654 g/mol. The number of hydrogen-bond donors (Lipinski definition) is 1. The number of esters is 4. The van der Waals surface area contributed by atoms with Crippen LogP contribution in [0, 0.1) is 22.7 Å². The molecule has 2 bridgehead atoms. The van der Waals surface area contributed by atoms with Crippen molar-refractivity contribution in [1.29, 1.82) is 0 Å². The van der Waals surface area contributed by atoms with Crippen LogP contribution in [0.15, 0.2) is 53.6 Å². The van der Waals surface area contributed by atoms with E-state index in [9.17, 15) is 24.3 Å². The molecule has 9 unspecified atom stereocenters. The predicted octanol–water partition coefficient (Wildman–Crippen LogP) is 5.10. The van der Waals surface area contributed by atoms with Crippen LogP contribution in [0.3, 0.4) is 0 Å². The Labute approximate surface area is 278 Å². The van der Waals surface area contributed by atoms with E-state index in [-0.39, 0.29) is 12.5 Å². The van der Waals surface area contributed by atoms with E-state index in [2.05, 4.69) is 6.58 Å². The third-order valence-corrected chi connectivity index (χ3v) is 10.8. The minimum Gasteiger partial charge on any atom is -0.462 e. The number of fused-ring (bicyclic) bond motifs is 3. The van der Waals surface area contributed by atoms with E-state index in [4.69, 9.17) is 18.9 Å². The number of nitrogens with zero attached hydrogens (tertiary/aromatic N) is 1. The molecular formula is C37H51NO9. The molecule has 0 aliphatic heterocycles. The maximum Gasteiger partial charge on any atom is 0.308 e. The number of aliphatic hydroxyl groups is 1. The molecule has 1 aromatic rings. The summed E-state index contributed by atoms with van der Waals surface area (Å²) in [6.45, 7) is 16.1. The zero-order chi connectivity index (χ0) is 35.0. The summed E-state index contributed by atoms with van der Waals surface area (Å²) in [6.07, 6.45) is -3.35. The summed E-state index contributed by atoms with van der Waals surface area (Å²) >= 11 is 0. The Bertz CT molecular complexity index is 1420. The van der Waals surface area contributed by atoms with Gasteiger partial charge in [0.15, 0.2) is 0 Å². The minimum atomic E-state index is -1.25. The van der Waals surface area contributed by atoms with E-state index in [1.54, 1.807) is 0 Å². The van der Waals surface area contributed by atoms with Crippen molar-refractivity contribution in [1.82, 2.24) is 4.90 Å². The zero-order valence-corrected chi connectivity index (χ0v) is 29.2. The molecule has 0 radical (unpaired) electrons. The Hall–Kier alpha value is -3.50. The second-order valence-electron chi connectivity index (χ2n) is 14.5. The van der Waals surface area contributed by atoms with Gasteiger partial charge in [-0.1, -0.05) is 57.7 Å². The standard InChI is InChI=1S/C37H51NO9/c1-20-28(47-30(42)19-27(38(9)10)25-14-12-11-13-15-25)16-17-37(8)32(20)34(45-23(4)40)26-18-29(44-22(3)39)21(2)31(36(26,6)7)33(43)35(37)46-24(5)41/h11-15,26-29,32-35,43H,1,16-19H2,2-10H3. The van der Waals surface area contributed by atoms with Crippen molar-refractivity contribution in [3.8, 4) is 0 Å². The first-order valence-corrected chi connectivity index (χ1v) is 16.4. The van der Waals surface area contributed by atoms with Gasteiger partial charge in [0.2, 0.25) is 0 Å². The van der Waals surface area contributed by atoms with Crippen LogP contribution >= 0.6 is 0 Å². The van der Waals surface area contributed by atoms with Crippen LogP contribution in [0.2, 0.25) is 0 Å². The average Bonchev–Trinajstić information content (AvgIpc) is 2.96. The van der Waals surface area contributed by atoms with Gasteiger partial charge in [-0.2, -0.15) is 0 Å². The molecule has 0 aromatic heterocycles. The van der Waals surface area contributed by atoms with Gasteiger partial charge in [-0.25, -0.2) is 0 Å². The maximum absolute atomic E-state index is 13.5. The monoisotopic (exact) mass is 653 g/mol. The highest BCUT2D eigenvalue weighted by molar-refractivity contribution is 5.71. The lowest BCUT2D eigenvalue weighted by atomic mass is 9.49. The molecule has 0 amide bonds. The minimum absolute atomic E-state index is 0.109. The molecule has 4 rings (SSSR count). The van der Waals surface area contributed by atoms with Crippen molar-refractivity contribution in [3.05, 3.63) is 59.2 Å². The highest BCUT2D eigenvalue weighted by Crippen LogP contribution is 2.60.